The van der Waals surface area contributed by atoms with E-state index in [1.165, 1.54) is 25.7 Å². The minimum atomic E-state index is -0.433. The third-order valence-corrected chi connectivity index (χ3v) is 6.47. The lowest BCUT2D eigenvalue weighted by atomic mass is 10.1. The summed E-state index contributed by atoms with van der Waals surface area (Å²) in [6, 6.07) is 11.4. The number of hydrogen-bond donors (Lipinski definition) is 1. The number of amides is 1. The number of halogens is 2. The van der Waals surface area contributed by atoms with Crippen LogP contribution in [0.25, 0.3) is 6.08 Å². The first kappa shape index (κ1) is 26.2. The zero-order chi connectivity index (χ0) is 23.5. The number of nitrogens with zero attached hydrogens (tertiary/aromatic N) is 1. The fourth-order valence-corrected chi connectivity index (χ4v) is 4.70. The summed E-state index contributed by atoms with van der Waals surface area (Å²) < 4.78 is 7.50. The summed E-state index contributed by atoms with van der Waals surface area (Å²) in [6.07, 6.45) is 8.82. The van der Waals surface area contributed by atoms with Crippen molar-refractivity contribution in [2.24, 2.45) is 0 Å². The van der Waals surface area contributed by atoms with Gasteiger partial charge in [0, 0.05) is 5.69 Å². The Morgan fingerprint density at radius 1 is 1.09 bits per heavy atom. The second-order valence-corrected chi connectivity index (χ2v) is 9.51. The maximum Gasteiger partial charge on any atom is 0.266 e. The molecule has 1 N–H and O–H groups in total. The van der Waals surface area contributed by atoms with Gasteiger partial charge >= 0.3 is 0 Å². The number of unbranched alkanes of at least 4 members (excludes halogenated alkanes) is 5. The van der Waals surface area contributed by atoms with Gasteiger partial charge in [0.15, 0.2) is 0 Å². The lowest BCUT2D eigenvalue weighted by Crippen LogP contribution is -2.14. The highest BCUT2D eigenvalue weighted by Gasteiger charge is 2.14. The number of carbonyl (C=O) groups is 1. The van der Waals surface area contributed by atoms with Crippen LogP contribution in [0.3, 0.4) is 0 Å². The van der Waals surface area contributed by atoms with Crippen LogP contribution in [-0.2, 0) is 4.79 Å². The smallest absolute Gasteiger partial charge is 0.266 e. The number of hydrogen-bond acceptors (Lipinski definition) is 3. The lowest BCUT2D eigenvalue weighted by Gasteiger charge is -2.12. The Balaban J connectivity index is 2.06. The van der Waals surface area contributed by atoms with Crippen LogP contribution in [0.4, 0.5) is 5.69 Å². The van der Waals surface area contributed by atoms with E-state index in [2.05, 4.69) is 44.1 Å². The number of carbonyl (C=O) groups excluding carboxylic acids is 1. The molecule has 6 heteroatoms. The Morgan fingerprint density at radius 3 is 2.41 bits per heavy atom. The molecular formula is C26H30Br2N2O2. The number of ether oxygens (including phenoxy) is 1. The molecule has 0 atom stereocenters. The van der Waals surface area contributed by atoms with Crippen molar-refractivity contribution in [1.82, 2.24) is 0 Å². The van der Waals surface area contributed by atoms with Crippen LogP contribution in [0.5, 0.6) is 5.75 Å². The molecular weight excluding hydrogens is 532 g/mol. The molecule has 0 unspecified atom stereocenters. The van der Waals surface area contributed by atoms with Gasteiger partial charge in [-0.05, 0) is 93.1 Å². The predicted octanol–water partition coefficient (Wildman–Crippen LogP) is 8.11. The second kappa shape index (κ2) is 13.4. The van der Waals surface area contributed by atoms with E-state index in [4.69, 9.17) is 4.74 Å². The molecule has 4 nitrogen and oxygen atoms in total. The minimum absolute atomic E-state index is 0.0328. The Kier molecular flexibility index (Phi) is 11.0. The molecule has 2 aromatic carbocycles. The second-order valence-electron chi connectivity index (χ2n) is 7.80. The minimum Gasteiger partial charge on any atom is -0.491 e. The maximum absolute atomic E-state index is 12.7. The topological polar surface area (TPSA) is 62.1 Å². The Morgan fingerprint density at radius 2 is 1.75 bits per heavy atom. The summed E-state index contributed by atoms with van der Waals surface area (Å²) in [5.74, 6) is 0.297. The van der Waals surface area contributed by atoms with E-state index in [1.807, 2.05) is 50.2 Å². The standard InChI is InChI=1S/C26H30Br2N2O2/c1-4-5-6-7-8-9-13-32-25-22(27)15-20(16-23(25)28)14-21(17-29)26(31)30-24-12-10-11-18(2)19(24)3/h10-12,14-16H,4-9,13H2,1-3H3,(H,30,31)/b21-14-. The fraction of sp³-hybridized carbons (Fsp3) is 0.385. The highest BCUT2D eigenvalue weighted by molar-refractivity contribution is 9.11. The average molecular weight is 562 g/mol. The van der Waals surface area contributed by atoms with Crippen molar-refractivity contribution >= 4 is 49.5 Å². The monoisotopic (exact) mass is 560 g/mol. The number of nitrogens with one attached hydrogen (secondary N) is 1. The fourth-order valence-electron chi connectivity index (χ4n) is 3.25. The number of aryl methyl sites for hydroxylation is 1. The highest BCUT2D eigenvalue weighted by atomic mass is 79.9. The molecule has 0 aliphatic heterocycles. The van der Waals surface area contributed by atoms with Crippen LogP contribution in [-0.4, -0.2) is 12.5 Å². The first-order valence-corrected chi connectivity index (χ1v) is 12.6. The van der Waals surface area contributed by atoms with E-state index in [0.717, 1.165) is 44.2 Å². The van der Waals surface area contributed by atoms with Crippen LogP contribution in [0, 0.1) is 25.2 Å². The van der Waals surface area contributed by atoms with Crippen LogP contribution < -0.4 is 10.1 Å². The summed E-state index contributed by atoms with van der Waals surface area (Å²) in [7, 11) is 0. The van der Waals surface area contributed by atoms with Gasteiger partial charge in [-0.1, -0.05) is 51.2 Å². The van der Waals surface area contributed by atoms with Gasteiger partial charge in [-0.2, -0.15) is 5.26 Å². The number of nitriles is 1. The molecule has 0 spiro atoms. The summed E-state index contributed by atoms with van der Waals surface area (Å²) in [4.78, 5) is 12.7. The van der Waals surface area contributed by atoms with Crippen molar-refractivity contribution in [3.63, 3.8) is 0 Å². The predicted molar refractivity (Wildman–Crippen MR) is 139 cm³/mol. The van der Waals surface area contributed by atoms with E-state index in [-0.39, 0.29) is 5.57 Å². The summed E-state index contributed by atoms with van der Waals surface area (Å²) in [6.45, 7) is 6.80. The molecule has 0 fully saturated rings. The zero-order valence-electron chi connectivity index (χ0n) is 18.9. The molecule has 0 bridgehead atoms. The molecule has 2 aromatic rings. The van der Waals surface area contributed by atoms with E-state index in [9.17, 15) is 10.1 Å². The van der Waals surface area contributed by atoms with Crippen molar-refractivity contribution in [3.8, 4) is 11.8 Å². The zero-order valence-corrected chi connectivity index (χ0v) is 22.1. The molecule has 0 aromatic heterocycles. The molecule has 170 valence electrons. The van der Waals surface area contributed by atoms with Crippen LogP contribution in [0.15, 0.2) is 44.9 Å². The SMILES string of the molecule is CCCCCCCCOc1c(Br)cc(/C=C(/C#N)C(=O)Nc2cccc(C)c2C)cc1Br. The summed E-state index contributed by atoms with van der Waals surface area (Å²) in [5, 5.41) is 12.4. The Bertz CT molecular complexity index is 986. The van der Waals surface area contributed by atoms with E-state index < -0.39 is 5.91 Å². The van der Waals surface area contributed by atoms with E-state index in [1.54, 1.807) is 6.08 Å². The molecule has 0 aliphatic carbocycles. The van der Waals surface area contributed by atoms with Crippen molar-refractivity contribution in [3.05, 3.63) is 61.5 Å². The van der Waals surface area contributed by atoms with Gasteiger partial charge in [-0.25, -0.2) is 0 Å². The van der Waals surface area contributed by atoms with Crippen LogP contribution in [0.2, 0.25) is 0 Å². The van der Waals surface area contributed by atoms with Crippen molar-refractivity contribution in [1.29, 1.82) is 5.26 Å². The Labute approximate surface area is 208 Å². The number of rotatable bonds is 11. The molecule has 0 radical (unpaired) electrons. The van der Waals surface area contributed by atoms with Gasteiger partial charge in [0.2, 0.25) is 0 Å². The largest absolute Gasteiger partial charge is 0.491 e. The van der Waals surface area contributed by atoms with Crippen molar-refractivity contribution < 1.29 is 9.53 Å². The third-order valence-electron chi connectivity index (χ3n) is 5.29. The van der Waals surface area contributed by atoms with Gasteiger partial charge in [0.05, 0.1) is 15.6 Å². The molecule has 0 heterocycles. The van der Waals surface area contributed by atoms with Gasteiger partial charge in [0.1, 0.15) is 17.4 Å². The quantitative estimate of drug-likeness (QED) is 0.171. The first-order chi connectivity index (χ1) is 15.4. The summed E-state index contributed by atoms with van der Waals surface area (Å²) >= 11 is 7.11. The lowest BCUT2D eigenvalue weighted by molar-refractivity contribution is -0.112. The first-order valence-electron chi connectivity index (χ1n) is 11.0. The number of anilines is 1. The van der Waals surface area contributed by atoms with Gasteiger partial charge in [0.25, 0.3) is 5.91 Å². The summed E-state index contributed by atoms with van der Waals surface area (Å²) in [5.41, 5.74) is 3.52. The van der Waals surface area contributed by atoms with E-state index in [0.29, 0.717) is 12.3 Å². The van der Waals surface area contributed by atoms with Crippen LogP contribution >= 0.6 is 31.9 Å². The van der Waals surface area contributed by atoms with Gasteiger partial charge in [-0.15, -0.1) is 0 Å². The normalized spacial score (nSPS) is 11.2. The van der Waals surface area contributed by atoms with E-state index >= 15 is 0 Å². The third kappa shape index (κ3) is 7.79. The van der Waals surface area contributed by atoms with Gasteiger partial charge in [-0.3, -0.25) is 4.79 Å². The molecule has 0 saturated carbocycles. The molecule has 32 heavy (non-hydrogen) atoms. The Hall–Kier alpha value is -2.10. The number of benzene rings is 2. The van der Waals surface area contributed by atoms with Gasteiger partial charge < -0.3 is 10.1 Å². The molecule has 2 rings (SSSR count). The van der Waals surface area contributed by atoms with Crippen LogP contribution in [0.1, 0.15) is 62.1 Å². The molecule has 0 aliphatic rings. The molecule has 1 amide bonds. The van der Waals surface area contributed by atoms with Crippen molar-refractivity contribution in [2.75, 3.05) is 11.9 Å². The van der Waals surface area contributed by atoms with Crippen molar-refractivity contribution in [2.45, 2.75) is 59.3 Å². The molecule has 0 saturated heterocycles. The highest BCUT2D eigenvalue weighted by Crippen LogP contribution is 2.35. The average Bonchev–Trinajstić information content (AvgIpc) is 2.76. The maximum atomic E-state index is 12.7.